The first-order valence-electron chi connectivity index (χ1n) is 11.7. The minimum atomic E-state index is -4.56. The fourth-order valence-electron chi connectivity index (χ4n) is 4.52. The molecule has 4 heterocycles. The molecule has 1 N–H and O–H groups in total. The van der Waals surface area contributed by atoms with Crippen LogP contribution in [0.4, 0.5) is 17.6 Å². The van der Waals surface area contributed by atoms with Gasteiger partial charge in [0.25, 0.3) is 0 Å². The number of carbonyl (C=O) groups is 1. The second-order valence-electron chi connectivity index (χ2n) is 9.07. The number of nitrogens with zero attached hydrogens (tertiary/aromatic N) is 4. The molecule has 198 valence electrons. The molecule has 1 amide bonds. The van der Waals surface area contributed by atoms with Gasteiger partial charge in [0, 0.05) is 41.2 Å². The van der Waals surface area contributed by atoms with Crippen LogP contribution in [0, 0.1) is 12.7 Å². The Morgan fingerprint density at radius 1 is 1.19 bits per heavy atom. The summed E-state index contributed by atoms with van der Waals surface area (Å²) in [6.45, 7) is 2.07. The molecular formula is C24H24F4N4O4S. The summed E-state index contributed by atoms with van der Waals surface area (Å²) in [4.78, 5) is 19.0. The topological polar surface area (TPSA) is 89.7 Å². The van der Waals surface area contributed by atoms with E-state index in [1.54, 1.807) is 4.90 Å². The summed E-state index contributed by atoms with van der Waals surface area (Å²) < 4.78 is 65.4. The van der Waals surface area contributed by atoms with Crippen LogP contribution in [0.2, 0.25) is 0 Å². The van der Waals surface area contributed by atoms with Crippen LogP contribution < -0.4 is 0 Å². The number of carbonyl (C=O) groups excluding carboxylic acids is 1. The number of fused-ring (bicyclic) bond motifs is 1. The normalized spacial score (nSPS) is 19.1. The van der Waals surface area contributed by atoms with Gasteiger partial charge in [-0.15, -0.1) is 11.3 Å². The van der Waals surface area contributed by atoms with E-state index in [1.165, 1.54) is 30.4 Å². The second kappa shape index (κ2) is 10.0. The van der Waals surface area contributed by atoms with E-state index < -0.39 is 24.0 Å². The number of alkyl halides is 3. The number of rotatable bonds is 4. The number of aromatic hydroxyl groups is 1. The van der Waals surface area contributed by atoms with Gasteiger partial charge in [-0.05, 0) is 38.0 Å². The number of amides is 1. The standard InChI is InChI=1S/C24H24F4N4O4S/c1-13-8-20(24(26,27)28)30-32(13)9-21(34)31-6-4-14(5-7-31)22-29-18(12-37-22)23-35-10-15-16(11-36-23)19(33)3-2-17(15)25/h2-3,8,12,14,23,33H,4-7,9-11H2,1H3. The number of halogens is 4. The number of hydrogen-bond donors (Lipinski definition) is 1. The number of aryl methyl sites for hydroxylation is 1. The maximum absolute atomic E-state index is 14.1. The zero-order valence-electron chi connectivity index (χ0n) is 19.8. The monoisotopic (exact) mass is 540 g/mol. The van der Waals surface area contributed by atoms with Crippen LogP contribution in [0.1, 0.15) is 58.3 Å². The predicted molar refractivity (Wildman–Crippen MR) is 123 cm³/mol. The van der Waals surface area contributed by atoms with Crippen LogP contribution in [0.25, 0.3) is 0 Å². The summed E-state index contributed by atoms with van der Waals surface area (Å²) in [5.74, 6) is -0.700. The van der Waals surface area contributed by atoms with Crippen LogP contribution in [0.15, 0.2) is 23.6 Å². The molecule has 0 saturated carbocycles. The summed E-state index contributed by atoms with van der Waals surface area (Å²) in [6, 6.07) is 3.40. The number of ether oxygens (including phenoxy) is 2. The Bertz CT molecular complexity index is 1270. The van der Waals surface area contributed by atoms with Gasteiger partial charge in [0.2, 0.25) is 12.2 Å². The lowest BCUT2D eigenvalue weighted by atomic mass is 9.97. The van der Waals surface area contributed by atoms with Gasteiger partial charge < -0.3 is 19.5 Å². The Hall–Kier alpha value is -3.03. The van der Waals surface area contributed by atoms with E-state index in [0.29, 0.717) is 37.2 Å². The molecule has 1 saturated heterocycles. The highest BCUT2D eigenvalue weighted by molar-refractivity contribution is 7.09. The molecule has 37 heavy (non-hydrogen) atoms. The van der Waals surface area contributed by atoms with Gasteiger partial charge in [0.05, 0.1) is 18.2 Å². The quantitative estimate of drug-likeness (QED) is 0.484. The van der Waals surface area contributed by atoms with Crippen LogP contribution in [-0.4, -0.2) is 43.8 Å². The van der Waals surface area contributed by atoms with Crippen LogP contribution >= 0.6 is 11.3 Å². The Balaban J connectivity index is 1.17. The van der Waals surface area contributed by atoms with Crippen molar-refractivity contribution in [2.45, 2.75) is 57.9 Å². The summed E-state index contributed by atoms with van der Waals surface area (Å²) in [6.07, 6.45) is -4.06. The molecule has 1 aromatic carbocycles. The van der Waals surface area contributed by atoms with Gasteiger partial charge in [-0.2, -0.15) is 18.3 Å². The van der Waals surface area contributed by atoms with E-state index in [2.05, 4.69) is 10.1 Å². The summed E-state index contributed by atoms with van der Waals surface area (Å²) in [7, 11) is 0. The third-order valence-electron chi connectivity index (χ3n) is 6.64. The van der Waals surface area contributed by atoms with E-state index in [9.17, 15) is 27.5 Å². The highest BCUT2D eigenvalue weighted by Crippen LogP contribution is 2.36. The van der Waals surface area contributed by atoms with Crippen molar-refractivity contribution >= 4 is 17.2 Å². The van der Waals surface area contributed by atoms with Crippen LogP contribution in [0.3, 0.4) is 0 Å². The number of likely N-dealkylation sites (tertiary alicyclic amines) is 1. The largest absolute Gasteiger partial charge is 0.508 e. The van der Waals surface area contributed by atoms with Crippen molar-refractivity contribution in [1.82, 2.24) is 19.7 Å². The van der Waals surface area contributed by atoms with E-state index in [1.807, 2.05) is 5.38 Å². The number of thiazole rings is 1. The third kappa shape index (κ3) is 5.34. The number of piperidine rings is 1. The summed E-state index contributed by atoms with van der Waals surface area (Å²) in [5, 5.41) is 16.3. The van der Waals surface area contributed by atoms with Gasteiger partial charge in [0.1, 0.15) is 23.8 Å². The van der Waals surface area contributed by atoms with Crippen molar-refractivity contribution < 1.29 is 36.9 Å². The van der Waals surface area contributed by atoms with Crippen molar-refractivity contribution in [1.29, 1.82) is 0 Å². The average molecular weight is 541 g/mol. The first-order valence-corrected chi connectivity index (χ1v) is 12.5. The first-order chi connectivity index (χ1) is 17.6. The second-order valence-corrected chi connectivity index (χ2v) is 9.96. The number of phenolic OH excluding ortho intramolecular Hbond substituents is 1. The zero-order chi connectivity index (χ0) is 26.3. The first kappa shape index (κ1) is 25.6. The number of hydrogen-bond acceptors (Lipinski definition) is 7. The summed E-state index contributed by atoms with van der Waals surface area (Å²) in [5.41, 5.74) is 0.434. The molecule has 0 aliphatic carbocycles. The fourth-order valence-corrected chi connectivity index (χ4v) is 5.51. The average Bonchev–Trinajstić information content (AvgIpc) is 3.42. The van der Waals surface area contributed by atoms with Crippen molar-refractivity contribution in [3.8, 4) is 5.75 Å². The molecule has 13 heteroatoms. The molecule has 1 atom stereocenters. The zero-order valence-corrected chi connectivity index (χ0v) is 20.6. The molecule has 2 aromatic heterocycles. The van der Waals surface area contributed by atoms with Gasteiger partial charge in [-0.25, -0.2) is 9.37 Å². The third-order valence-corrected chi connectivity index (χ3v) is 7.67. The molecule has 2 aliphatic rings. The van der Waals surface area contributed by atoms with Gasteiger partial charge >= 0.3 is 6.18 Å². The van der Waals surface area contributed by atoms with E-state index >= 15 is 0 Å². The van der Waals surface area contributed by atoms with Crippen molar-refractivity contribution in [2.24, 2.45) is 0 Å². The van der Waals surface area contributed by atoms with Gasteiger partial charge in [0.15, 0.2) is 5.69 Å². The highest BCUT2D eigenvalue weighted by Gasteiger charge is 2.35. The van der Waals surface area contributed by atoms with Crippen molar-refractivity contribution in [3.63, 3.8) is 0 Å². The number of aromatic nitrogens is 3. The Morgan fingerprint density at radius 3 is 2.57 bits per heavy atom. The SMILES string of the molecule is Cc1cc(C(F)(F)F)nn1CC(=O)N1CCC(c2nc(C3OCc4c(O)ccc(F)c4CO3)cs2)CC1. The molecule has 8 nitrogen and oxygen atoms in total. The predicted octanol–water partition coefficient (Wildman–Crippen LogP) is 4.66. The molecule has 5 rings (SSSR count). The minimum Gasteiger partial charge on any atom is -0.508 e. The molecule has 3 aromatic rings. The maximum atomic E-state index is 14.1. The highest BCUT2D eigenvalue weighted by atomic mass is 32.1. The van der Waals surface area contributed by atoms with Crippen molar-refractivity contribution in [3.05, 3.63) is 62.6 Å². The molecule has 0 radical (unpaired) electrons. The minimum absolute atomic E-state index is 0.0167. The number of phenols is 1. The van der Waals surface area contributed by atoms with Gasteiger partial charge in [-0.3, -0.25) is 9.48 Å². The lowest BCUT2D eigenvalue weighted by Gasteiger charge is -2.31. The maximum Gasteiger partial charge on any atom is 0.435 e. The summed E-state index contributed by atoms with van der Waals surface area (Å²) >= 11 is 1.45. The van der Waals surface area contributed by atoms with Crippen LogP contribution in [0.5, 0.6) is 5.75 Å². The fraction of sp³-hybridized carbons (Fsp3) is 0.458. The number of benzene rings is 1. The molecule has 1 fully saturated rings. The molecule has 2 aliphatic heterocycles. The Kier molecular flexibility index (Phi) is 6.94. The Morgan fingerprint density at radius 2 is 1.89 bits per heavy atom. The Labute approximate surface area is 213 Å². The van der Waals surface area contributed by atoms with Crippen LogP contribution in [-0.2, 0) is 40.2 Å². The molecule has 1 unspecified atom stereocenters. The lowest BCUT2D eigenvalue weighted by molar-refractivity contribution is -0.155. The lowest BCUT2D eigenvalue weighted by Crippen LogP contribution is -2.40. The molecular weight excluding hydrogens is 516 g/mol. The van der Waals surface area contributed by atoms with Gasteiger partial charge in [-0.1, -0.05) is 0 Å². The van der Waals surface area contributed by atoms with E-state index in [0.717, 1.165) is 15.8 Å². The van der Waals surface area contributed by atoms with Crippen molar-refractivity contribution in [2.75, 3.05) is 13.1 Å². The smallest absolute Gasteiger partial charge is 0.435 e. The molecule has 0 bridgehead atoms. The molecule has 0 spiro atoms. The van der Waals surface area contributed by atoms with E-state index in [4.69, 9.17) is 9.47 Å². The van der Waals surface area contributed by atoms with E-state index in [-0.39, 0.29) is 48.6 Å².